The van der Waals surface area contributed by atoms with Crippen molar-refractivity contribution in [3.63, 3.8) is 0 Å². The van der Waals surface area contributed by atoms with E-state index in [0.29, 0.717) is 0 Å². The van der Waals surface area contributed by atoms with Gasteiger partial charge in [0.25, 0.3) is 0 Å². The van der Waals surface area contributed by atoms with Crippen molar-refractivity contribution in [2.75, 3.05) is 0 Å². The molecule has 0 aromatic heterocycles. The average Bonchev–Trinajstić information content (AvgIpc) is 2.62. The summed E-state index contributed by atoms with van der Waals surface area (Å²) in [6.07, 6.45) is 2.12. The molecule has 0 saturated heterocycles. The maximum atomic E-state index is 6.35. The lowest BCUT2D eigenvalue weighted by molar-refractivity contribution is 0.475. The highest BCUT2D eigenvalue weighted by molar-refractivity contribution is 5.68. The van der Waals surface area contributed by atoms with Crippen molar-refractivity contribution in [2.45, 2.75) is 59.8 Å². The Morgan fingerprint density at radius 3 is 1.96 bits per heavy atom. The molecule has 0 aliphatic rings. The van der Waals surface area contributed by atoms with Gasteiger partial charge in [0.15, 0.2) is 0 Å². The van der Waals surface area contributed by atoms with E-state index in [1.807, 2.05) is 0 Å². The standard InChI is InChI=1S/C27H32O/c1-7-8-21-9-10-22(23-16-19(2)15-20(3)17-23)18-26(21)28-25-13-11-24(12-14-25)27(4,5)6/h9-18H,7-8H2,1-6H3. The number of aryl methyl sites for hydroxylation is 3. The third kappa shape index (κ3) is 4.84. The minimum Gasteiger partial charge on any atom is -0.457 e. The van der Waals surface area contributed by atoms with Crippen LogP contribution in [-0.4, -0.2) is 0 Å². The summed E-state index contributed by atoms with van der Waals surface area (Å²) in [4.78, 5) is 0. The van der Waals surface area contributed by atoms with E-state index in [2.05, 4.69) is 102 Å². The van der Waals surface area contributed by atoms with Gasteiger partial charge >= 0.3 is 0 Å². The Morgan fingerprint density at radius 1 is 0.750 bits per heavy atom. The largest absolute Gasteiger partial charge is 0.457 e. The van der Waals surface area contributed by atoms with Crippen LogP contribution in [0.4, 0.5) is 0 Å². The molecule has 0 saturated carbocycles. The fourth-order valence-electron chi connectivity index (χ4n) is 3.60. The van der Waals surface area contributed by atoms with Crippen LogP contribution in [0.25, 0.3) is 11.1 Å². The fourth-order valence-corrected chi connectivity index (χ4v) is 3.60. The second-order valence-electron chi connectivity index (χ2n) is 8.83. The van der Waals surface area contributed by atoms with Gasteiger partial charge in [0, 0.05) is 0 Å². The van der Waals surface area contributed by atoms with Crippen LogP contribution in [0.2, 0.25) is 0 Å². The number of hydrogen-bond donors (Lipinski definition) is 0. The quantitative estimate of drug-likeness (QED) is 0.440. The second kappa shape index (κ2) is 8.22. The van der Waals surface area contributed by atoms with E-state index < -0.39 is 0 Å². The molecule has 0 spiro atoms. The Morgan fingerprint density at radius 2 is 1.39 bits per heavy atom. The van der Waals surface area contributed by atoms with Crippen LogP contribution in [0.5, 0.6) is 11.5 Å². The molecule has 0 fully saturated rings. The van der Waals surface area contributed by atoms with E-state index in [0.717, 1.165) is 24.3 Å². The van der Waals surface area contributed by atoms with E-state index >= 15 is 0 Å². The summed E-state index contributed by atoms with van der Waals surface area (Å²) in [5.41, 5.74) is 7.74. The Balaban J connectivity index is 1.96. The van der Waals surface area contributed by atoms with E-state index in [4.69, 9.17) is 4.74 Å². The molecule has 1 heteroatoms. The molecule has 1 nitrogen and oxygen atoms in total. The molecular weight excluding hydrogens is 340 g/mol. The molecule has 3 aromatic rings. The van der Waals surface area contributed by atoms with Crippen molar-refractivity contribution in [2.24, 2.45) is 0 Å². The van der Waals surface area contributed by atoms with Crippen LogP contribution in [0.1, 0.15) is 56.4 Å². The normalized spacial score (nSPS) is 11.5. The molecule has 28 heavy (non-hydrogen) atoms. The van der Waals surface area contributed by atoms with Gasteiger partial charge in [-0.05, 0) is 66.1 Å². The number of benzene rings is 3. The van der Waals surface area contributed by atoms with Crippen molar-refractivity contribution in [3.8, 4) is 22.6 Å². The lowest BCUT2D eigenvalue weighted by Crippen LogP contribution is -2.10. The van der Waals surface area contributed by atoms with Gasteiger partial charge in [0.2, 0.25) is 0 Å². The van der Waals surface area contributed by atoms with Gasteiger partial charge in [-0.15, -0.1) is 0 Å². The van der Waals surface area contributed by atoms with Crippen LogP contribution in [0.3, 0.4) is 0 Å². The zero-order valence-electron chi connectivity index (χ0n) is 18.1. The molecule has 0 aliphatic carbocycles. The fraction of sp³-hybridized carbons (Fsp3) is 0.333. The van der Waals surface area contributed by atoms with E-state index in [1.54, 1.807) is 0 Å². The molecule has 0 amide bonds. The van der Waals surface area contributed by atoms with Gasteiger partial charge in [0.1, 0.15) is 11.5 Å². The highest BCUT2D eigenvalue weighted by atomic mass is 16.5. The van der Waals surface area contributed by atoms with Crippen molar-refractivity contribution in [3.05, 3.63) is 82.9 Å². The second-order valence-corrected chi connectivity index (χ2v) is 8.83. The smallest absolute Gasteiger partial charge is 0.131 e. The van der Waals surface area contributed by atoms with E-state index in [9.17, 15) is 0 Å². The Labute approximate surface area is 170 Å². The summed E-state index contributed by atoms with van der Waals surface area (Å²) >= 11 is 0. The summed E-state index contributed by atoms with van der Waals surface area (Å²) in [5, 5.41) is 0. The van der Waals surface area contributed by atoms with Crippen LogP contribution < -0.4 is 4.74 Å². The van der Waals surface area contributed by atoms with Crippen LogP contribution in [0, 0.1) is 13.8 Å². The first-order valence-corrected chi connectivity index (χ1v) is 10.3. The molecule has 0 unspecified atom stereocenters. The van der Waals surface area contributed by atoms with E-state index in [1.165, 1.54) is 33.4 Å². The summed E-state index contributed by atoms with van der Waals surface area (Å²) in [5.74, 6) is 1.85. The summed E-state index contributed by atoms with van der Waals surface area (Å²) in [6.45, 7) is 13.2. The molecule has 146 valence electrons. The van der Waals surface area contributed by atoms with Crippen LogP contribution in [0.15, 0.2) is 60.7 Å². The first-order valence-electron chi connectivity index (χ1n) is 10.3. The molecule has 0 aliphatic heterocycles. The molecule has 0 bridgehead atoms. The van der Waals surface area contributed by atoms with Gasteiger partial charge in [-0.1, -0.05) is 87.7 Å². The summed E-state index contributed by atoms with van der Waals surface area (Å²) in [7, 11) is 0. The number of rotatable bonds is 5. The first kappa shape index (κ1) is 20.2. The number of ether oxygens (including phenoxy) is 1. The summed E-state index contributed by atoms with van der Waals surface area (Å²) in [6, 6.07) is 21.8. The highest BCUT2D eigenvalue weighted by Crippen LogP contribution is 2.33. The minimum absolute atomic E-state index is 0.148. The van der Waals surface area contributed by atoms with Gasteiger partial charge in [0.05, 0.1) is 0 Å². The lowest BCUT2D eigenvalue weighted by atomic mass is 9.87. The average molecular weight is 373 g/mol. The van der Waals surface area contributed by atoms with Crippen LogP contribution in [-0.2, 0) is 11.8 Å². The van der Waals surface area contributed by atoms with E-state index in [-0.39, 0.29) is 5.41 Å². The third-order valence-corrected chi connectivity index (χ3v) is 5.09. The van der Waals surface area contributed by atoms with Crippen molar-refractivity contribution in [1.82, 2.24) is 0 Å². The van der Waals surface area contributed by atoms with Crippen LogP contribution >= 0.6 is 0 Å². The van der Waals surface area contributed by atoms with Gasteiger partial charge in [-0.2, -0.15) is 0 Å². The van der Waals surface area contributed by atoms with Gasteiger partial charge < -0.3 is 4.74 Å². The first-order chi connectivity index (χ1) is 13.3. The third-order valence-electron chi connectivity index (χ3n) is 5.09. The predicted octanol–water partition coefficient (Wildman–Crippen LogP) is 8.01. The monoisotopic (exact) mass is 372 g/mol. The maximum Gasteiger partial charge on any atom is 0.131 e. The molecule has 0 atom stereocenters. The molecule has 0 N–H and O–H groups in total. The molecule has 3 rings (SSSR count). The highest BCUT2D eigenvalue weighted by Gasteiger charge is 2.14. The Kier molecular flexibility index (Phi) is 5.93. The molecule has 0 heterocycles. The van der Waals surface area contributed by atoms with Gasteiger partial charge in [-0.25, -0.2) is 0 Å². The van der Waals surface area contributed by atoms with Crippen molar-refractivity contribution >= 4 is 0 Å². The SMILES string of the molecule is CCCc1ccc(-c2cc(C)cc(C)c2)cc1Oc1ccc(C(C)(C)C)cc1. The minimum atomic E-state index is 0.148. The molecular formula is C27H32O. The molecule has 0 radical (unpaired) electrons. The molecule has 3 aromatic carbocycles. The Bertz CT molecular complexity index is 923. The topological polar surface area (TPSA) is 9.23 Å². The van der Waals surface area contributed by atoms with Crippen molar-refractivity contribution in [1.29, 1.82) is 0 Å². The van der Waals surface area contributed by atoms with Crippen molar-refractivity contribution < 1.29 is 4.74 Å². The zero-order valence-corrected chi connectivity index (χ0v) is 18.1. The van der Waals surface area contributed by atoms with Gasteiger partial charge in [-0.3, -0.25) is 0 Å². The Hall–Kier alpha value is -2.54. The predicted molar refractivity (Wildman–Crippen MR) is 121 cm³/mol. The maximum absolute atomic E-state index is 6.35. The lowest BCUT2D eigenvalue weighted by Gasteiger charge is -2.19. The zero-order chi connectivity index (χ0) is 20.3. The summed E-state index contributed by atoms with van der Waals surface area (Å²) < 4.78 is 6.35. The number of hydrogen-bond acceptors (Lipinski definition) is 1.